The van der Waals surface area contributed by atoms with Gasteiger partial charge in [0.05, 0.1) is 23.8 Å². The lowest BCUT2D eigenvalue weighted by molar-refractivity contribution is -0.199. The quantitative estimate of drug-likeness (QED) is 0.785. The highest BCUT2D eigenvalue weighted by atomic mass is 19.4. The fourth-order valence-corrected chi connectivity index (χ4v) is 3.28. The molecule has 0 bridgehead atoms. The van der Waals surface area contributed by atoms with Crippen LogP contribution in [0.1, 0.15) is 23.7 Å². The van der Waals surface area contributed by atoms with E-state index in [0.717, 1.165) is 0 Å². The lowest BCUT2D eigenvalue weighted by atomic mass is 9.87. The summed E-state index contributed by atoms with van der Waals surface area (Å²) in [4.78, 5) is 26.9. The van der Waals surface area contributed by atoms with E-state index in [1.807, 2.05) is 0 Å². The van der Waals surface area contributed by atoms with Gasteiger partial charge in [0.25, 0.3) is 5.78 Å². The molecule has 2 atom stereocenters. The lowest BCUT2D eigenvalue weighted by Crippen LogP contribution is -2.50. The molecule has 2 aliphatic heterocycles. The van der Waals surface area contributed by atoms with Gasteiger partial charge in [-0.3, -0.25) is 19.4 Å². The molecule has 0 aliphatic carbocycles. The van der Waals surface area contributed by atoms with E-state index < -0.39 is 29.7 Å². The van der Waals surface area contributed by atoms with E-state index in [1.165, 1.54) is 4.90 Å². The lowest BCUT2D eigenvalue weighted by Gasteiger charge is -2.39. The monoisotopic (exact) mass is 326 g/mol. The third kappa shape index (κ3) is 2.85. The summed E-state index contributed by atoms with van der Waals surface area (Å²) >= 11 is 0. The van der Waals surface area contributed by atoms with Crippen LogP contribution in [0.3, 0.4) is 0 Å². The predicted molar refractivity (Wildman–Crippen MR) is 78.0 cm³/mol. The van der Waals surface area contributed by atoms with Crippen molar-refractivity contribution < 1.29 is 22.8 Å². The SMILES string of the molecule is CC1CCN(CN2C(=O)C(=O)c3ccccc32)CC1C(F)(F)F. The number of piperidine rings is 1. The van der Waals surface area contributed by atoms with E-state index in [-0.39, 0.29) is 13.2 Å². The number of fused-ring (bicyclic) bond motifs is 1. The molecule has 1 saturated heterocycles. The number of amides is 1. The number of para-hydroxylation sites is 1. The molecule has 0 radical (unpaired) electrons. The number of halogens is 3. The Balaban J connectivity index is 1.78. The smallest absolute Gasteiger partial charge is 0.291 e. The van der Waals surface area contributed by atoms with Gasteiger partial charge >= 0.3 is 12.1 Å². The van der Waals surface area contributed by atoms with Crippen molar-refractivity contribution in [2.24, 2.45) is 11.8 Å². The Bertz CT molecular complexity index is 644. The van der Waals surface area contributed by atoms with Crippen LogP contribution >= 0.6 is 0 Å². The molecule has 23 heavy (non-hydrogen) atoms. The molecule has 1 aromatic rings. The van der Waals surface area contributed by atoms with Gasteiger partial charge in [-0.25, -0.2) is 0 Å². The normalized spacial score (nSPS) is 25.8. The maximum Gasteiger partial charge on any atom is 0.393 e. The largest absolute Gasteiger partial charge is 0.393 e. The van der Waals surface area contributed by atoms with Crippen LogP contribution in [0, 0.1) is 11.8 Å². The summed E-state index contributed by atoms with van der Waals surface area (Å²) in [5, 5.41) is 0. The number of benzene rings is 1. The molecule has 7 heteroatoms. The van der Waals surface area contributed by atoms with Gasteiger partial charge < -0.3 is 0 Å². The fraction of sp³-hybridized carbons (Fsp3) is 0.500. The molecule has 4 nitrogen and oxygen atoms in total. The highest BCUT2D eigenvalue weighted by Crippen LogP contribution is 2.37. The van der Waals surface area contributed by atoms with Gasteiger partial charge in [0, 0.05) is 13.1 Å². The van der Waals surface area contributed by atoms with Crippen molar-refractivity contribution in [3.8, 4) is 0 Å². The molecule has 0 aromatic heterocycles. The standard InChI is InChI=1S/C16H17F3N2O2/c1-10-6-7-20(8-12(10)16(17,18)19)9-21-13-5-3-2-4-11(13)14(22)15(21)23/h2-5,10,12H,6-9H2,1H3. The molecule has 1 fully saturated rings. The average Bonchev–Trinajstić information content (AvgIpc) is 2.73. The van der Waals surface area contributed by atoms with E-state index in [1.54, 1.807) is 36.1 Å². The van der Waals surface area contributed by atoms with Gasteiger partial charge in [0.1, 0.15) is 0 Å². The number of ketones is 1. The first-order chi connectivity index (χ1) is 10.8. The van der Waals surface area contributed by atoms with Crippen LogP contribution in [-0.2, 0) is 4.79 Å². The Morgan fingerprint density at radius 2 is 1.91 bits per heavy atom. The minimum atomic E-state index is -4.25. The van der Waals surface area contributed by atoms with E-state index in [4.69, 9.17) is 0 Å². The number of carbonyl (C=O) groups is 2. The summed E-state index contributed by atoms with van der Waals surface area (Å²) < 4.78 is 39.3. The third-order valence-electron chi connectivity index (χ3n) is 4.68. The molecule has 0 N–H and O–H groups in total. The van der Waals surface area contributed by atoms with Gasteiger partial charge in [0.15, 0.2) is 0 Å². The molecule has 3 rings (SSSR count). The number of likely N-dealkylation sites (tertiary alicyclic amines) is 1. The number of anilines is 1. The van der Waals surface area contributed by atoms with Crippen molar-refractivity contribution in [1.82, 2.24) is 4.90 Å². The molecular formula is C16H17F3N2O2. The average molecular weight is 326 g/mol. The van der Waals surface area contributed by atoms with Gasteiger partial charge in [-0.1, -0.05) is 19.1 Å². The molecular weight excluding hydrogens is 309 g/mol. The Morgan fingerprint density at radius 1 is 1.22 bits per heavy atom. The molecule has 1 amide bonds. The zero-order valence-electron chi connectivity index (χ0n) is 12.6. The van der Waals surface area contributed by atoms with Crippen LogP contribution in [0.15, 0.2) is 24.3 Å². The zero-order chi connectivity index (χ0) is 16.8. The molecule has 2 aliphatic rings. The van der Waals surface area contributed by atoms with E-state index in [2.05, 4.69) is 0 Å². The first-order valence-electron chi connectivity index (χ1n) is 7.53. The van der Waals surface area contributed by atoms with Gasteiger partial charge in [0.2, 0.25) is 0 Å². The molecule has 1 aromatic carbocycles. The van der Waals surface area contributed by atoms with Gasteiger partial charge in [-0.15, -0.1) is 0 Å². The Kier molecular flexibility index (Phi) is 3.91. The maximum absolute atomic E-state index is 13.1. The van der Waals surface area contributed by atoms with Crippen molar-refractivity contribution in [2.45, 2.75) is 19.5 Å². The fourth-order valence-electron chi connectivity index (χ4n) is 3.28. The van der Waals surface area contributed by atoms with Crippen molar-refractivity contribution in [2.75, 3.05) is 24.7 Å². The van der Waals surface area contributed by atoms with Crippen molar-refractivity contribution in [3.63, 3.8) is 0 Å². The number of nitrogens with zero attached hydrogens (tertiary/aromatic N) is 2. The summed E-state index contributed by atoms with van der Waals surface area (Å²) in [6.07, 6.45) is -3.83. The molecule has 0 saturated carbocycles. The van der Waals surface area contributed by atoms with E-state index in [9.17, 15) is 22.8 Å². The minimum absolute atomic E-state index is 0.0148. The van der Waals surface area contributed by atoms with Crippen LogP contribution in [0.4, 0.5) is 18.9 Å². The number of hydrogen-bond acceptors (Lipinski definition) is 3. The highest BCUT2D eigenvalue weighted by Gasteiger charge is 2.46. The Morgan fingerprint density at radius 3 is 2.61 bits per heavy atom. The molecule has 124 valence electrons. The summed E-state index contributed by atoms with van der Waals surface area (Å²) in [5.41, 5.74) is 0.792. The number of Topliss-reactive ketones (excluding diaryl/α,β-unsaturated/α-hetero) is 1. The number of rotatable bonds is 2. The van der Waals surface area contributed by atoms with Crippen molar-refractivity contribution >= 4 is 17.4 Å². The molecule has 0 spiro atoms. The topological polar surface area (TPSA) is 40.6 Å². The second-order valence-corrected chi connectivity index (χ2v) is 6.21. The predicted octanol–water partition coefficient (Wildman–Crippen LogP) is 2.69. The highest BCUT2D eigenvalue weighted by molar-refractivity contribution is 6.52. The van der Waals surface area contributed by atoms with E-state index in [0.29, 0.717) is 24.2 Å². The number of alkyl halides is 3. The summed E-state index contributed by atoms with van der Waals surface area (Å²) in [6.45, 7) is 1.95. The zero-order valence-corrected chi connectivity index (χ0v) is 12.6. The maximum atomic E-state index is 13.1. The van der Waals surface area contributed by atoms with Gasteiger partial charge in [-0.05, 0) is 24.5 Å². The van der Waals surface area contributed by atoms with Crippen LogP contribution < -0.4 is 4.90 Å². The van der Waals surface area contributed by atoms with E-state index >= 15 is 0 Å². The van der Waals surface area contributed by atoms with Crippen molar-refractivity contribution in [3.05, 3.63) is 29.8 Å². The molecule has 2 heterocycles. The summed E-state index contributed by atoms with van der Waals surface area (Å²) in [7, 11) is 0. The Hall–Kier alpha value is -1.89. The van der Waals surface area contributed by atoms with Crippen LogP contribution in [0.25, 0.3) is 0 Å². The second kappa shape index (κ2) is 5.63. The molecule has 2 unspecified atom stereocenters. The Labute approximate surface area is 131 Å². The number of hydrogen-bond donors (Lipinski definition) is 0. The van der Waals surface area contributed by atoms with Crippen molar-refractivity contribution in [1.29, 1.82) is 0 Å². The van der Waals surface area contributed by atoms with Crippen LogP contribution in [0.2, 0.25) is 0 Å². The third-order valence-corrected chi connectivity index (χ3v) is 4.68. The summed E-state index contributed by atoms with van der Waals surface area (Å²) in [5.74, 6) is -3.11. The van der Waals surface area contributed by atoms with Crippen LogP contribution in [0.5, 0.6) is 0 Å². The minimum Gasteiger partial charge on any atom is -0.291 e. The van der Waals surface area contributed by atoms with Gasteiger partial charge in [-0.2, -0.15) is 13.2 Å². The summed E-state index contributed by atoms with van der Waals surface area (Å²) in [6, 6.07) is 6.57. The first-order valence-corrected chi connectivity index (χ1v) is 7.53. The van der Waals surface area contributed by atoms with Crippen LogP contribution in [-0.4, -0.2) is 42.5 Å². The first kappa shape index (κ1) is 16.0. The second-order valence-electron chi connectivity index (χ2n) is 6.21. The number of carbonyl (C=O) groups excluding carboxylic acids is 2.